The van der Waals surface area contributed by atoms with Crippen molar-refractivity contribution in [2.75, 3.05) is 32.1 Å². The molecule has 1 aromatic rings. The van der Waals surface area contributed by atoms with Crippen molar-refractivity contribution >= 4 is 35.8 Å². The zero-order chi connectivity index (χ0) is 25.6. The fourth-order valence-corrected chi connectivity index (χ4v) is 3.04. The molecule has 0 spiro atoms. The Kier molecular flexibility index (Phi) is 12.1. The summed E-state index contributed by atoms with van der Waals surface area (Å²) in [6.45, 7) is 1.90. The van der Waals surface area contributed by atoms with E-state index in [9.17, 15) is 24.0 Å². The lowest BCUT2D eigenvalue weighted by atomic mass is 9.93. The van der Waals surface area contributed by atoms with E-state index >= 15 is 0 Å². The number of anilines is 1. The molecule has 12 nitrogen and oxygen atoms in total. The van der Waals surface area contributed by atoms with Crippen LogP contribution in [0.4, 0.5) is 10.5 Å². The normalized spacial score (nSPS) is 13.0. The van der Waals surface area contributed by atoms with Crippen LogP contribution in [0.5, 0.6) is 0 Å². The van der Waals surface area contributed by atoms with Crippen LogP contribution in [-0.4, -0.2) is 68.4 Å². The second-order valence-corrected chi connectivity index (χ2v) is 7.79. The van der Waals surface area contributed by atoms with Crippen LogP contribution < -0.4 is 32.7 Å². The van der Waals surface area contributed by atoms with E-state index in [0.29, 0.717) is 18.4 Å². The highest BCUT2D eigenvalue weighted by atomic mass is 16.5. The number of amides is 4. The molecule has 12 heteroatoms. The van der Waals surface area contributed by atoms with Crippen molar-refractivity contribution in [1.29, 1.82) is 0 Å². The van der Waals surface area contributed by atoms with Gasteiger partial charge in [0.1, 0.15) is 17.9 Å². The first kappa shape index (κ1) is 28.4. The first-order valence-corrected chi connectivity index (χ1v) is 10.9. The summed E-state index contributed by atoms with van der Waals surface area (Å²) < 4.78 is 4.65. The number of nitrogens with one attached hydrogen (secondary N) is 4. The molecule has 0 aliphatic rings. The number of ether oxygens (including phenoxy) is 1. The molecule has 8 N–H and O–H groups in total. The average Bonchev–Trinajstić information content (AvgIpc) is 2.80. The van der Waals surface area contributed by atoms with Crippen molar-refractivity contribution in [2.45, 2.75) is 44.2 Å². The molecule has 0 heterocycles. The van der Waals surface area contributed by atoms with Gasteiger partial charge in [0, 0.05) is 31.7 Å². The highest BCUT2D eigenvalue weighted by Gasteiger charge is 2.33. The summed E-state index contributed by atoms with van der Waals surface area (Å²) in [5, 5.41) is 10.8. The quantitative estimate of drug-likeness (QED) is 0.107. The van der Waals surface area contributed by atoms with Crippen LogP contribution in [-0.2, 0) is 30.3 Å². The lowest BCUT2D eigenvalue weighted by Crippen LogP contribution is -2.59. The first-order chi connectivity index (χ1) is 16.1. The van der Waals surface area contributed by atoms with Crippen molar-refractivity contribution in [1.82, 2.24) is 16.0 Å². The van der Waals surface area contributed by atoms with E-state index in [1.165, 1.54) is 14.0 Å². The van der Waals surface area contributed by atoms with Crippen molar-refractivity contribution in [3.05, 3.63) is 29.8 Å². The van der Waals surface area contributed by atoms with E-state index in [1.807, 2.05) is 0 Å². The topological polar surface area (TPSA) is 195 Å². The molecule has 0 bridgehead atoms. The molecule has 0 aliphatic heterocycles. The minimum absolute atomic E-state index is 0.0403. The van der Waals surface area contributed by atoms with Crippen LogP contribution in [0.15, 0.2) is 24.3 Å². The van der Waals surface area contributed by atoms with Crippen LogP contribution >= 0.6 is 0 Å². The Morgan fingerprint density at radius 3 is 2.41 bits per heavy atom. The molecule has 1 aromatic carbocycles. The number of hydrogen-bond acceptors (Lipinski definition) is 8. The molecular formula is C22H34N6O6. The second kappa shape index (κ2) is 14.5. The lowest BCUT2D eigenvalue weighted by molar-refractivity contribution is -0.139. The number of primary amides is 1. The summed E-state index contributed by atoms with van der Waals surface area (Å²) in [4.78, 5) is 58.9. The maximum atomic E-state index is 12.7. The van der Waals surface area contributed by atoms with Crippen LogP contribution in [0.1, 0.15) is 31.7 Å². The molecule has 0 saturated heterocycles. The van der Waals surface area contributed by atoms with Crippen LogP contribution in [0.3, 0.4) is 0 Å². The molecule has 34 heavy (non-hydrogen) atoms. The number of benzene rings is 1. The summed E-state index contributed by atoms with van der Waals surface area (Å²) in [5.41, 5.74) is 10.5. The van der Waals surface area contributed by atoms with E-state index in [0.717, 1.165) is 5.56 Å². The number of esters is 1. The number of urea groups is 1. The Labute approximate surface area is 198 Å². The number of carbonyl (C=O) groups excluding carboxylic acids is 5. The van der Waals surface area contributed by atoms with Crippen molar-refractivity contribution < 1.29 is 28.7 Å². The summed E-state index contributed by atoms with van der Waals surface area (Å²) in [6, 6.07) is 5.38. The monoisotopic (exact) mass is 478 g/mol. The fraction of sp³-hybridized carbons (Fsp3) is 0.500. The number of hydrogen-bond donors (Lipinski definition) is 6. The third-order valence-corrected chi connectivity index (χ3v) is 4.98. The summed E-state index contributed by atoms with van der Waals surface area (Å²) >= 11 is 0. The van der Waals surface area contributed by atoms with Gasteiger partial charge in [-0.25, -0.2) is 4.79 Å². The molecule has 0 radical (unpaired) electrons. The molecule has 0 aliphatic carbocycles. The van der Waals surface area contributed by atoms with E-state index in [-0.39, 0.29) is 50.8 Å². The molecule has 4 amide bonds. The van der Waals surface area contributed by atoms with Gasteiger partial charge >= 0.3 is 12.0 Å². The highest BCUT2D eigenvalue weighted by Crippen LogP contribution is 2.16. The Balaban J connectivity index is 2.89. The number of rotatable bonds is 15. The zero-order valence-electron chi connectivity index (χ0n) is 19.5. The van der Waals surface area contributed by atoms with Gasteiger partial charge in [-0.05, 0) is 37.5 Å². The van der Waals surface area contributed by atoms with Crippen molar-refractivity contribution in [2.24, 2.45) is 11.5 Å². The molecule has 2 atom stereocenters. The molecular weight excluding hydrogens is 444 g/mol. The number of nitrogens with two attached hydrogens (primary N) is 2. The number of carbonyl (C=O) groups is 5. The van der Waals surface area contributed by atoms with Gasteiger partial charge in [-0.2, -0.15) is 0 Å². The van der Waals surface area contributed by atoms with Gasteiger partial charge < -0.3 is 42.3 Å². The predicted octanol–water partition coefficient (Wildman–Crippen LogP) is -0.830. The van der Waals surface area contributed by atoms with E-state index in [4.69, 9.17) is 11.5 Å². The van der Waals surface area contributed by atoms with E-state index < -0.39 is 23.5 Å². The maximum absolute atomic E-state index is 12.7. The van der Waals surface area contributed by atoms with Crippen molar-refractivity contribution in [3.8, 4) is 0 Å². The van der Waals surface area contributed by atoms with Gasteiger partial charge in [-0.15, -0.1) is 0 Å². The largest absolute Gasteiger partial charge is 0.469 e. The molecule has 0 fully saturated rings. The van der Waals surface area contributed by atoms with E-state index in [1.54, 1.807) is 24.3 Å². The smallest absolute Gasteiger partial charge is 0.312 e. The highest BCUT2D eigenvalue weighted by molar-refractivity contribution is 5.90. The van der Waals surface area contributed by atoms with Gasteiger partial charge in [0.15, 0.2) is 0 Å². The summed E-state index contributed by atoms with van der Waals surface area (Å²) in [7, 11) is 1.31. The van der Waals surface area contributed by atoms with Gasteiger partial charge in [0.25, 0.3) is 0 Å². The summed E-state index contributed by atoms with van der Waals surface area (Å²) in [5.74, 6) is -1.28. The third kappa shape index (κ3) is 10.3. The lowest BCUT2D eigenvalue weighted by Gasteiger charge is -2.31. The summed E-state index contributed by atoms with van der Waals surface area (Å²) in [6.07, 6.45) is 1.38. The van der Waals surface area contributed by atoms with Crippen LogP contribution in [0.2, 0.25) is 0 Å². The first-order valence-electron chi connectivity index (χ1n) is 10.9. The second-order valence-electron chi connectivity index (χ2n) is 7.79. The van der Waals surface area contributed by atoms with E-state index in [2.05, 4.69) is 26.0 Å². The predicted molar refractivity (Wildman–Crippen MR) is 126 cm³/mol. The van der Waals surface area contributed by atoms with Crippen LogP contribution in [0.25, 0.3) is 0 Å². The molecule has 1 rings (SSSR count). The Morgan fingerprint density at radius 2 is 1.85 bits per heavy atom. The molecule has 188 valence electrons. The SMILES string of the molecule is COC(=O)Cc1ccc(NC[C@@](C=O)(CCCNC(N)=O)NC(=O)[C@H](C)NC(=O)CCN)cc1. The Hall–Kier alpha value is -3.67. The standard InChI is InChI=1S/C22H34N6O6/c1-15(27-18(30)8-10-23)20(32)28-22(14-29,9-3-11-25-21(24)33)13-26-17-6-4-16(5-7-17)12-19(31)34-2/h4-7,14-15,26H,3,8-13,23H2,1-2H3,(H,27,30)(H,28,32)(H3,24,25,33)/t15-,22+/m0/s1. The van der Waals surface area contributed by atoms with Gasteiger partial charge in [0.05, 0.1) is 13.5 Å². The van der Waals surface area contributed by atoms with Gasteiger partial charge in [-0.3, -0.25) is 14.4 Å². The maximum Gasteiger partial charge on any atom is 0.312 e. The fourth-order valence-electron chi connectivity index (χ4n) is 3.04. The minimum Gasteiger partial charge on any atom is -0.469 e. The molecule has 0 unspecified atom stereocenters. The Bertz CT molecular complexity index is 847. The van der Waals surface area contributed by atoms with Crippen molar-refractivity contribution in [3.63, 3.8) is 0 Å². The average molecular weight is 479 g/mol. The molecule has 0 aromatic heterocycles. The zero-order valence-corrected chi connectivity index (χ0v) is 19.5. The van der Waals surface area contributed by atoms with Gasteiger partial charge in [0.2, 0.25) is 11.8 Å². The third-order valence-electron chi connectivity index (χ3n) is 4.98. The number of aldehydes is 1. The number of methoxy groups -OCH3 is 1. The Morgan fingerprint density at radius 1 is 1.18 bits per heavy atom. The minimum atomic E-state index is -1.33. The van der Waals surface area contributed by atoms with Gasteiger partial charge in [-0.1, -0.05) is 12.1 Å². The molecule has 0 saturated carbocycles. The van der Waals surface area contributed by atoms with Crippen LogP contribution in [0, 0.1) is 0 Å².